The van der Waals surface area contributed by atoms with Crippen LogP contribution in [0.2, 0.25) is 0 Å². The smallest absolute Gasteiger partial charge is 0.0522 e. The highest BCUT2D eigenvalue weighted by Crippen LogP contribution is 2.39. The minimum atomic E-state index is 0.176. The van der Waals surface area contributed by atoms with Gasteiger partial charge in [-0.3, -0.25) is 0 Å². The van der Waals surface area contributed by atoms with E-state index in [1.54, 1.807) is 0 Å². The first-order chi connectivity index (χ1) is 11.9. The van der Waals surface area contributed by atoms with Crippen molar-refractivity contribution in [1.29, 1.82) is 0 Å². The molecule has 25 heavy (non-hydrogen) atoms. The van der Waals surface area contributed by atoms with E-state index < -0.39 is 0 Å². The van der Waals surface area contributed by atoms with E-state index in [0.717, 1.165) is 12.3 Å². The molecule has 1 aliphatic carbocycles. The molecule has 0 aromatic heterocycles. The zero-order chi connectivity index (χ0) is 18.0. The van der Waals surface area contributed by atoms with E-state index >= 15 is 0 Å². The Morgan fingerprint density at radius 2 is 1.96 bits per heavy atom. The van der Waals surface area contributed by atoms with Crippen LogP contribution in [-0.2, 0) is 0 Å². The summed E-state index contributed by atoms with van der Waals surface area (Å²) in [6.45, 7) is 13.2. The number of likely N-dealkylation sites (tertiary alicyclic amines) is 1. The number of allylic oxidation sites excluding steroid dienone is 2. The zero-order valence-corrected chi connectivity index (χ0v) is 17.4. The molecule has 142 valence electrons. The molecule has 4 atom stereocenters. The Bertz CT molecular complexity index is 518. The Balaban J connectivity index is 1.62. The first-order valence-electron chi connectivity index (χ1n) is 10.3. The van der Waals surface area contributed by atoms with E-state index in [0.29, 0.717) is 11.8 Å². The number of rotatable bonds is 3. The molecule has 2 aliphatic heterocycles. The first kappa shape index (κ1) is 19.3. The molecule has 3 aliphatic rings. The molecule has 3 rings (SSSR count). The largest absolute Gasteiger partial charge is 0.385 e. The third kappa shape index (κ3) is 4.83. The molecular formula is C22H37ClN2. The van der Waals surface area contributed by atoms with Crippen LogP contribution in [0, 0.1) is 17.8 Å². The van der Waals surface area contributed by atoms with Gasteiger partial charge in [0.15, 0.2) is 0 Å². The molecule has 3 heteroatoms. The van der Waals surface area contributed by atoms with Crippen molar-refractivity contribution in [2.45, 2.75) is 77.1 Å². The molecule has 1 N–H and O–H groups in total. The second-order valence-electron chi connectivity index (χ2n) is 9.33. The van der Waals surface area contributed by atoms with Crippen molar-refractivity contribution in [1.82, 2.24) is 10.2 Å². The van der Waals surface area contributed by atoms with E-state index in [2.05, 4.69) is 50.2 Å². The second-order valence-corrected chi connectivity index (χ2v) is 9.90. The van der Waals surface area contributed by atoms with Gasteiger partial charge in [0.05, 0.1) is 5.38 Å². The highest BCUT2D eigenvalue weighted by molar-refractivity contribution is 6.21. The summed E-state index contributed by atoms with van der Waals surface area (Å²) in [6, 6.07) is 0. The van der Waals surface area contributed by atoms with E-state index in [1.807, 2.05) is 0 Å². The average Bonchev–Trinajstić information content (AvgIpc) is 2.70. The molecule has 1 fully saturated rings. The maximum atomic E-state index is 6.50. The normalized spacial score (nSPS) is 38.5. The molecule has 2 nitrogen and oxygen atoms in total. The third-order valence-corrected chi connectivity index (χ3v) is 7.39. The van der Waals surface area contributed by atoms with E-state index in [-0.39, 0.29) is 10.9 Å². The van der Waals surface area contributed by atoms with Crippen molar-refractivity contribution in [3.63, 3.8) is 0 Å². The summed E-state index contributed by atoms with van der Waals surface area (Å²) in [5.41, 5.74) is 3.17. The molecular weight excluding hydrogens is 328 g/mol. The fourth-order valence-corrected chi connectivity index (χ4v) is 5.39. The summed E-state index contributed by atoms with van der Waals surface area (Å²) in [5.74, 6) is 2.26. The van der Waals surface area contributed by atoms with Crippen LogP contribution in [0.5, 0.6) is 0 Å². The van der Waals surface area contributed by atoms with Gasteiger partial charge in [-0.15, -0.1) is 11.6 Å². The van der Waals surface area contributed by atoms with Crippen LogP contribution in [0.4, 0.5) is 0 Å². The number of nitrogens with one attached hydrogen (secondary N) is 1. The minimum Gasteiger partial charge on any atom is -0.385 e. The van der Waals surface area contributed by atoms with Crippen LogP contribution in [0.3, 0.4) is 0 Å². The standard InChI is InChI=1S/C22H37ClN2/c1-16-6-9-25(10-7-16)15-19-5-8-22(4,24-14-18(19)3)20-11-17(2)12-21(23)13-20/h12,14,16,19-21,24H,5-11,13,15H2,1-4H3/t19?,20-,21?,22?/m0/s1. The molecule has 0 radical (unpaired) electrons. The Morgan fingerprint density at radius 1 is 1.24 bits per heavy atom. The summed E-state index contributed by atoms with van der Waals surface area (Å²) >= 11 is 6.50. The van der Waals surface area contributed by atoms with Crippen LogP contribution < -0.4 is 5.32 Å². The number of halogens is 1. The molecule has 0 saturated carbocycles. The van der Waals surface area contributed by atoms with Gasteiger partial charge in [0.25, 0.3) is 0 Å². The van der Waals surface area contributed by atoms with Gasteiger partial charge in [0.2, 0.25) is 0 Å². The fraction of sp³-hybridized carbons (Fsp3) is 0.818. The maximum absolute atomic E-state index is 6.50. The van der Waals surface area contributed by atoms with E-state index in [4.69, 9.17) is 11.6 Å². The van der Waals surface area contributed by atoms with Crippen molar-refractivity contribution in [2.24, 2.45) is 17.8 Å². The zero-order valence-electron chi connectivity index (χ0n) is 16.7. The van der Waals surface area contributed by atoms with Gasteiger partial charge < -0.3 is 10.2 Å². The number of hydrogen-bond acceptors (Lipinski definition) is 2. The van der Waals surface area contributed by atoms with Crippen molar-refractivity contribution in [3.8, 4) is 0 Å². The minimum absolute atomic E-state index is 0.176. The van der Waals surface area contributed by atoms with Crippen molar-refractivity contribution in [3.05, 3.63) is 23.4 Å². The highest BCUT2D eigenvalue weighted by Gasteiger charge is 2.38. The predicted molar refractivity (Wildman–Crippen MR) is 109 cm³/mol. The number of alkyl halides is 1. The molecule has 3 unspecified atom stereocenters. The number of piperidine rings is 1. The Kier molecular flexibility index (Phi) is 6.21. The van der Waals surface area contributed by atoms with Gasteiger partial charge in [0, 0.05) is 12.1 Å². The summed E-state index contributed by atoms with van der Waals surface area (Å²) in [7, 11) is 0. The molecule has 2 heterocycles. The van der Waals surface area contributed by atoms with E-state index in [9.17, 15) is 0 Å². The lowest BCUT2D eigenvalue weighted by Crippen LogP contribution is -2.47. The second kappa shape index (κ2) is 8.05. The molecule has 0 aromatic carbocycles. The lowest BCUT2D eigenvalue weighted by atomic mass is 9.73. The lowest BCUT2D eigenvalue weighted by Gasteiger charge is -2.41. The van der Waals surface area contributed by atoms with Gasteiger partial charge in [-0.1, -0.05) is 24.1 Å². The average molecular weight is 365 g/mol. The summed E-state index contributed by atoms with van der Waals surface area (Å²) < 4.78 is 0. The summed E-state index contributed by atoms with van der Waals surface area (Å²) in [5, 5.41) is 4.03. The Hall–Kier alpha value is -0.470. The molecule has 1 saturated heterocycles. The monoisotopic (exact) mass is 364 g/mol. The summed E-state index contributed by atoms with van der Waals surface area (Å²) in [6.07, 6.45) is 12.2. The Labute approximate surface area is 160 Å². The van der Waals surface area contributed by atoms with E-state index in [1.165, 1.54) is 62.9 Å². The Morgan fingerprint density at radius 3 is 2.64 bits per heavy atom. The number of nitrogens with zero attached hydrogens (tertiary/aromatic N) is 1. The predicted octanol–water partition coefficient (Wildman–Crippen LogP) is 5.34. The molecule has 0 amide bonds. The van der Waals surface area contributed by atoms with Crippen LogP contribution in [0.1, 0.15) is 66.2 Å². The van der Waals surface area contributed by atoms with Gasteiger partial charge in [-0.25, -0.2) is 0 Å². The van der Waals surface area contributed by atoms with Crippen molar-refractivity contribution >= 4 is 11.6 Å². The molecule has 0 aromatic rings. The number of hydrogen-bond donors (Lipinski definition) is 1. The SMILES string of the molecule is CC1=CC(Cl)C[C@@H](C2(C)CCC(CN3CCC(C)CC3)C(C)=CN2)C1. The summed E-state index contributed by atoms with van der Waals surface area (Å²) in [4.78, 5) is 2.70. The topological polar surface area (TPSA) is 15.3 Å². The first-order valence-corrected chi connectivity index (χ1v) is 10.8. The quantitative estimate of drug-likeness (QED) is 0.536. The molecule has 0 bridgehead atoms. The fourth-order valence-electron chi connectivity index (χ4n) is 4.96. The van der Waals surface area contributed by atoms with Gasteiger partial charge in [-0.2, -0.15) is 0 Å². The van der Waals surface area contributed by atoms with Gasteiger partial charge >= 0.3 is 0 Å². The van der Waals surface area contributed by atoms with Crippen molar-refractivity contribution < 1.29 is 0 Å². The van der Waals surface area contributed by atoms with Gasteiger partial charge in [0.1, 0.15) is 0 Å². The molecule has 0 spiro atoms. The van der Waals surface area contributed by atoms with Gasteiger partial charge in [-0.05, 0) is 96.3 Å². The highest BCUT2D eigenvalue weighted by atomic mass is 35.5. The lowest BCUT2D eigenvalue weighted by molar-refractivity contribution is 0.163. The third-order valence-electron chi connectivity index (χ3n) is 7.08. The van der Waals surface area contributed by atoms with Crippen LogP contribution >= 0.6 is 11.6 Å². The van der Waals surface area contributed by atoms with Crippen LogP contribution in [-0.4, -0.2) is 35.5 Å². The van der Waals surface area contributed by atoms with Crippen molar-refractivity contribution in [2.75, 3.05) is 19.6 Å². The van der Waals surface area contributed by atoms with Crippen LogP contribution in [0.15, 0.2) is 23.4 Å². The van der Waals surface area contributed by atoms with Crippen LogP contribution in [0.25, 0.3) is 0 Å². The maximum Gasteiger partial charge on any atom is 0.0522 e.